The number of hydrogen-bond acceptors (Lipinski definition) is 9. The third kappa shape index (κ3) is 7.62. The van der Waals surface area contributed by atoms with Gasteiger partial charge in [-0.3, -0.25) is 14.6 Å². The quantitative estimate of drug-likeness (QED) is 0.118. The summed E-state index contributed by atoms with van der Waals surface area (Å²) in [5.41, 5.74) is 6.87. The molecule has 0 radical (unpaired) electrons. The topological polar surface area (TPSA) is 176 Å². The number of nitrogens with one attached hydrogen (secondary N) is 4. The second kappa shape index (κ2) is 16.1. The number of nitrogens with zero attached hydrogens (tertiary/aromatic N) is 4. The van der Waals surface area contributed by atoms with Crippen LogP contribution >= 0.6 is 0 Å². The summed E-state index contributed by atoms with van der Waals surface area (Å²) in [6.45, 7) is 5.35. The molecule has 2 aromatic carbocycles. The van der Waals surface area contributed by atoms with Gasteiger partial charge in [-0.2, -0.15) is 0 Å². The summed E-state index contributed by atoms with van der Waals surface area (Å²) in [5.74, 6) is 1.11. The van der Waals surface area contributed by atoms with Gasteiger partial charge >= 0.3 is 6.09 Å². The van der Waals surface area contributed by atoms with Crippen LogP contribution in [0.2, 0.25) is 0 Å². The molecule has 4 aliphatic rings. The van der Waals surface area contributed by atoms with Crippen molar-refractivity contribution in [2.24, 2.45) is 23.7 Å². The molecule has 2 aliphatic heterocycles. The van der Waals surface area contributed by atoms with Crippen LogP contribution in [-0.4, -0.2) is 86.4 Å². The van der Waals surface area contributed by atoms with Crippen LogP contribution in [0.25, 0.3) is 33.6 Å². The predicted molar refractivity (Wildman–Crippen MR) is 218 cm³/mol. The summed E-state index contributed by atoms with van der Waals surface area (Å²) in [6, 6.07) is 19.3. The summed E-state index contributed by atoms with van der Waals surface area (Å²) in [5, 5.41) is 5.88. The van der Waals surface area contributed by atoms with Crippen LogP contribution in [0.1, 0.15) is 68.7 Å². The number of likely N-dealkylation sites (tertiary alicyclic amines) is 1. The molecular formula is C45H50N8O6. The lowest BCUT2D eigenvalue weighted by Crippen LogP contribution is -2.52. The minimum absolute atomic E-state index is 0.0827. The number of rotatable bonds is 11. The Bertz CT molecular complexity index is 2280. The monoisotopic (exact) mass is 798 g/mol. The minimum Gasteiger partial charge on any atom is -0.453 e. The van der Waals surface area contributed by atoms with E-state index in [0.29, 0.717) is 43.8 Å². The van der Waals surface area contributed by atoms with Crippen molar-refractivity contribution in [2.75, 3.05) is 26.9 Å². The third-order valence-electron chi connectivity index (χ3n) is 12.7. The van der Waals surface area contributed by atoms with Crippen molar-refractivity contribution >= 4 is 17.9 Å². The summed E-state index contributed by atoms with van der Waals surface area (Å²) < 4.78 is 16.9. The molecule has 6 atom stereocenters. The zero-order chi connectivity index (χ0) is 40.7. The SMILES string of the molecule is COC(=O)NC(C(=O)N1CC2(C[C@H]1c1ncc(-c3ccc(-c4ccc(-c5cnc([C@H]6C7CCC(C7)[C@@H]6C(=O)NCc6cccnc6)[nH]5)cc4)cc3)[nH]1)OCCO2)C(C)C. The fourth-order valence-electron chi connectivity index (χ4n) is 9.76. The number of imidazole rings is 2. The van der Waals surface area contributed by atoms with Crippen LogP contribution in [0.3, 0.4) is 0 Å². The number of hydrogen-bond donors (Lipinski definition) is 4. The fourth-order valence-corrected chi connectivity index (χ4v) is 9.76. The van der Waals surface area contributed by atoms with E-state index in [-0.39, 0.29) is 36.1 Å². The highest BCUT2D eigenvalue weighted by Crippen LogP contribution is 2.56. The summed E-state index contributed by atoms with van der Waals surface area (Å²) in [6.07, 6.45) is 10.3. The van der Waals surface area contributed by atoms with E-state index < -0.39 is 24.0 Å². The highest BCUT2D eigenvalue weighted by atomic mass is 16.7. The van der Waals surface area contributed by atoms with E-state index >= 15 is 0 Å². The number of methoxy groups -OCH3 is 1. The average Bonchev–Trinajstić information content (AvgIpc) is 4.14. The van der Waals surface area contributed by atoms with Crippen LogP contribution in [0.5, 0.6) is 0 Å². The first-order chi connectivity index (χ1) is 28.7. The second-order valence-corrected chi connectivity index (χ2v) is 16.6. The molecule has 3 aromatic heterocycles. The Labute approximate surface area is 342 Å². The number of aromatic amines is 2. The van der Waals surface area contributed by atoms with Crippen LogP contribution in [0.4, 0.5) is 4.79 Å². The smallest absolute Gasteiger partial charge is 0.407 e. The van der Waals surface area contributed by atoms with E-state index in [1.807, 2.05) is 32.2 Å². The van der Waals surface area contributed by atoms with Gasteiger partial charge < -0.3 is 39.7 Å². The average molecular weight is 799 g/mol. The number of aromatic nitrogens is 5. The molecule has 4 N–H and O–H groups in total. The number of carbonyl (C=O) groups is 3. The van der Waals surface area contributed by atoms with Gasteiger partial charge in [-0.1, -0.05) is 68.4 Å². The van der Waals surface area contributed by atoms with E-state index in [1.54, 1.807) is 23.5 Å². The molecule has 306 valence electrons. The van der Waals surface area contributed by atoms with Gasteiger partial charge in [-0.25, -0.2) is 14.8 Å². The van der Waals surface area contributed by atoms with Crippen molar-refractivity contribution < 1.29 is 28.6 Å². The van der Waals surface area contributed by atoms with E-state index in [4.69, 9.17) is 24.2 Å². The Kier molecular flexibility index (Phi) is 10.5. The van der Waals surface area contributed by atoms with E-state index in [2.05, 4.69) is 74.1 Å². The predicted octanol–water partition coefficient (Wildman–Crippen LogP) is 6.37. The van der Waals surface area contributed by atoms with E-state index in [0.717, 1.165) is 64.3 Å². The number of fused-ring (bicyclic) bond motifs is 2. The van der Waals surface area contributed by atoms with Crippen molar-refractivity contribution in [3.8, 4) is 33.6 Å². The van der Waals surface area contributed by atoms with Crippen LogP contribution < -0.4 is 10.6 Å². The first-order valence-electron chi connectivity index (χ1n) is 20.6. The lowest BCUT2D eigenvalue weighted by Gasteiger charge is -2.30. The standard InChI is InChI=1S/C45H50N8O6/c1-26(2)39(52-44(56)57-3)43(55)53-25-45(58-17-18-59-45)20-36(53)40-47-23-34(50-40)30-10-6-28(7-11-30)29-8-12-31(13-9-29)35-24-48-41(51-35)37-32-14-15-33(19-32)38(37)42(54)49-22-27-5-4-16-46-21-27/h4-13,16,21,23-24,26,32-33,36-39H,14-15,17-20,22,25H2,1-3H3,(H,47,50)(H,48,51)(H,49,54)(H,52,56)/t32?,33?,36-,37-,38-,39?/m0/s1. The lowest BCUT2D eigenvalue weighted by atomic mass is 9.78. The molecule has 2 saturated carbocycles. The summed E-state index contributed by atoms with van der Waals surface area (Å²) >= 11 is 0. The number of benzene rings is 2. The highest BCUT2D eigenvalue weighted by molar-refractivity contribution is 5.86. The molecule has 3 amide bonds. The largest absolute Gasteiger partial charge is 0.453 e. The zero-order valence-corrected chi connectivity index (χ0v) is 33.5. The van der Waals surface area contributed by atoms with E-state index in [1.165, 1.54) is 7.11 Å². The van der Waals surface area contributed by atoms with Crippen molar-refractivity contribution in [2.45, 2.75) is 69.9 Å². The van der Waals surface area contributed by atoms with Gasteiger partial charge in [0.2, 0.25) is 11.8 Å². The molecule has 2 saturated heterocycles. The van der Waals surface area contributed by atoms with Crippen molar-refractivity contribution in [1.29, 1.82) is 0 Å². The number of pyridine rings is 1. The molecule has 59 heavy (non-hydrogen) atoms. The summed E-state index contributed by atoms with van der Waals surface area (Å²) in [7, 11) is 1.28. The van der Waals surface area contributed by atoms with Gasteiger partial charge in [0.15, 0.2) is 5.79 Å². The van der Waals surface area contributed by atoms with E-state index in [9.17, 15) is 14.4 Å². The number of carbonyl (C=O) groups excluding carboxylic acids is 3. The van der Waals surface area contributed by atoms with Crippen LogP contribution in [0, 0.1) is 23.7 Å². The molecular weight excluding hydrogens is 749 g/mol. The normalized spacial score (nSPS) is 23.5. The Morgan fingerprint density at radius 2 is 1.49 bits per heavy atom. The van der Waals surface area contributed by atoms with Crippen molar-refractivity contribution in [3.05, 3.63) is 103 Å². The molecule has 2 aliphatic carbocycles. The zero-order valence-electron chi connectivity index (χ0n) is 33.5. The number of alkyl carbamates (subject to hydrolysis) is 1. The maximum absolute atomic E-state index is 14.0. The molecule has 5 aromatic rings. The number of amides is 3. The maximum Gasteiger partial charge on any atom is 0.407 e. The second-order valence-electron chi connectivity index (χ2n) is 16.6. The molecule has 1 spiro atoms. The summed E-state index contributed by atoms with van der Waals surface area (Å²) in [4.78, 5) is 62.2. The van der Waals surface area contributed by atoms with Gasteiger partial charge in [0.25, 0.3) is 0 Å². The molecule has 3 unspecified atom stereocenters. The number of ether oxygens (including phenoxy) is 3. The first kappa shape index (κ1) is 38.6. The lowest BCUT2D eigenvalue weighted by molar-refractivity contribution is -0.153. The Morgan fingerprint density at radius 1 is 0.864 bits per heavy atom. The Hall–Kier alpha value is -5.86. The van der Waals surface area contributed by atoms with Crippen molar-refractivity contribution in [3.63, 3.8) is 0 Å². The molecule has 14 nitrogen and oxygen atoms in total. The maximum atomic E-state index is 14.0. The Morgan fingerprint density at radius 3 is 2.12 bits per heavy atom. The van der Waals surface area contributed by atoms with Crippen LogP contribution in [0.15, 0.2) is 85.5 Å². The third-order valence-corrected chi connectivity index (χ3v) is 12.7. The fraction of sp³-hybridized carbons (Fsp3) is 0.422. The first-order valence-corrected chi connectivity index (χ1v) is 20.6. The number of H-pyrrole nitrogens is 2. The minimum atomic E-state index is -0.922. The van der Waals surface area contributed by atoms with Crippen molar-refractivity contribution in [1.82, 2.24) is 40.5 Å². The van der Waals surface area contributed by atoms with Gasteiger partial charge in [0, 0.05) is 31.3 Å². The molecule has 4 fully saturated rings. The van der Waals surface area contributed by atoms with Gasteiger partial charge in [-0.05, 0) is 70.9 Å². The van der Waals surface area contributed by atoms with Crippen LogP contribution in [-0.2, 0) is 30.3 Å². The Balaban J connectivity index is 0.874. The van der Waals surface area contributed by atoms with Gasteiger partial charge in [0.1, 0.15) is 17.7 Å². The molecule has 9 rings (SSSR count). The molecule has 2 bridgehead atoms. The molecule has 5 heterocycles. The van der Waals surface area contributed by atoms with Gasteiger partial charge in [-0.15, -0.1) is 0 Å². The molecule has 14 heteroatoms. The highest BCUT2D eigenvalue weighted by Gasteiger charge is 2.54. The van der Waals surface area contributed by atoms with Gasteiger partial charge in [0.05, 0.1) is 62.6 Å².